The van der Waals surface area contributed by atoms with Crippen molar-refractivity contribution in [3.8, 4) is 11.5 Å². The molecule has 0 heterocycles. The minimum atomic E-state index is -3.50. The molecule has 1 amide bonds. The van der Waals surface area contributed by atoms with Gasteiger partial charge >= 0.3 is 0 Å². The molecule has 1 unspecified atom stereocenters. The van der Waals surface area contributed by atoms with Crippen LogP contribution in [0.25, 0.3) is 0 Å². The van der Waals surface area contributed by atoms with E-state index in [-0.39, 0.29) is 5.75 Å². The van der Waals surface area contributed by atoms with Crippen LogP contribution in [0.2, 0.25) is 23.2 Å². The fourth-order valence-electron chi connectivity index (χ4n) is 3.20. The van der Waals surface area contributed by atoms with Gasteiger partial charge in [0, 0.05) is 11.1 Å². The third kappa shape index (κ3) is 4.95. The molecule has 2 aromatic carbocycles. The van der Waals surface area contributed by atoms with Crippen molar-refractivity contribution >= 4 is 35.7 Å². The molecular formula is C23H29ClF2N2O3SSi. The molecule has 0 saturated heterocycles. The number of benzene rings is 2. The van der Waals surface area contributed by atoms with Gasteiger partial charge in [0.25, 0.3) is 5.91 Å². The van der Waals surface area contributed by atoms with Crippen molar-refractivity contribution < 1.29 is 22.5 Å². The lowest BCUT2D eigenvalue weighted by Gasteiger charge is -2.46. The molecule has 1 saturated carbocycles. The van der Waals surface area contributed by atoms with Crippen LogP contribution < -0.4 is 4.74 Å². The largest absolute Gasteiger partial charge is 0.454 e. The number of hydrogen-bond acceptors (Lipinski definition) is 4. The maximum atomic E-state index is 15.1. The van der Waals surface area contributed by atoms with E-state index in [0.717, 1.165) is 21.7 Å². The lowest BCUT2D eigenvalue weighted by atomic mass is 10.2. The molecule has 0 spiro atoms. The smallest absolute Gasteiger partial charge is 0.261 e. The summed E-state index contributed by atoms with van der Waals surface area (Å²) < 4.78 is 58.6. The van der Waals surface area contributed by atoms with Crippen LogP contribution in [0.1, 0.15) is 49.5 Å². The molecule has 1 aliphatic rings. The van der Waals surface area contributed by atoms with Gasteiger partial charge in [0.05, 0.1) is 10.8 Å². The highest BCUT2D eigenvalue weighted by Crippen LogP contribution is 2.44. The third-order valence-electron chi connectivity index (χ3n) is 6.40. The first kappa shape index (κ1) is 25.6. The van der Waals surface area contributed by atoms with Gasteiger partial charge in [-0.1, -0.05) is 51.5 Å². The summed E-state index contributed by atoms with van der Waals surface area (Å²) in [7, 11) is -6.38. The summed E-state index contributed by atoms with van der Waals surface area (Å²) in [6, 6.07) is 6.29. The molecule has 33 heavy (non-hydrogen) atoms. The van der Waals surface area contributed by atoms with Crippen molar-refractivity contribution in [3.63, 3.8) is 0 Å². The highest BCUT2D eigenvalue weighted by Gasteiger charge is 2.52. The summed E-state index contributed by atoms with van der Waals surface area (Å²) in [4.78, 5) is 13.5. The second kappa shape index (κ2) is 8.67. The second-order valence-corrected chi connectivity index (χ2v) is 17.9. The average molecular weight is 515 g/mol. The van der Waals surface area contributed by atoms with Crippen LogP contribution >= 0.6 is 11.6 Å². The van der Waals surface area contributed by atoms with E-state index in [9.17, 15) is 13.4 Å². The van der Waals surface area contributed by atoms with Crippen molar-refractivity contribution in [2.45, 2.75) is 63.9 Å². The molecule has 0 aromatic heterocycles. The number of ether oxygens (including phenoxy) is 1. The normalized spacial score (nSPS) is 16.3. The van der Waals surface area contributed by atoms with Gasteiger partial charge in [0.15, 0.2) is 19.8 Å². The Morgan fingerprint density at radius 2 is 1.79 bits per heavy atom. The van der Waals surface area contributed by atoms with Crippen LogP contribution in [0.4, 0.5) is 8.78 Å². The van der Waals surface area contributed by atoms with E-state index in [2.05, 4.69) is 0 Å². The topological polar surface area (TPSA) is 70.5 Å². The predicted octanol–water partition coefficient (Wildman–Crippen LogP) is 7.29. The summed E-state index contributed by atoms with van der Waals surface area (Å²) in [5.41, 5.74) is 0.240. The highest BCUT2D eigenvalue weighted by atomic mass is 35.5. The molecule has 1 N–H and O–H groups in total. The van der Waals surface area contributed by atoms with Crippen LogP contribution in [0.5, 0.6) is 11.5 Å². The van der Waals surface area contributed by atoms with Crippen molar-refractivity contribution in [1.82, 2.24) is 3.97 Å². The molecule has 5 nitrogen and oxygen atoms in total. The maximum absolute atomic E-state index is 15.1. The third-order valence-corrected chi connectivity index (χ3v) is 16.0. The van der Waals surface area contributed by atoms with Gasteiger partial charge in [-0.3, -0.25) is 8.77 Å². The lowest BCUT2D eigenvalue weighted by Crippen LogP contribution is -2.60. The molecule has 2 aromatic rings. The van der Waals surface area contributed by atoms with E-state index >= 15 is 4.39 Å². The lowest BCUT2D eigenvalue weighted by molar-refractivity contribution is 0.0908. The monoisotopic (exact) mass is 514 g/mol. The first-order chi connectivity index (χ1) is 15.1. The molecule has 3 rings (SSSR count). The van der Waals surface area contributed by atoms with Gasteiger partial charge in [0.1, 0.15) is 21.5 Å². The Morgan fingerprint density at radius 3 is 2.30 bits per heavy atom. The fraction of sp³-hybridized carbons (Fsp3) is 0.435. The molecule has 0 bridgehead atoms. The van der Waals surface area contributed by atoms with Crippen molar-refractivity contribution in [2.24, 2.45) is 0 Å². The molecular weight excluding hydrogens is 486 g/mol. The van der Waals surface area contributed by atoms with Gasteiger partial charge in [-0.2, -0.15) is 0 Å². The Labute approximate surface area is 200 Å². The van der Waals surface area contributed by atoms with E-state index in [0.29, 0.717) is 17.9 Å². The number of amides is 1. The van der Waals surface area contributed by atoms with Crippen molar-refractivity contribution in [2.75, 3.05) is 0 Å². The summed E-state index contributed by atoms with van der Waals surface area (Å²) in [5.74, 6) is -3.07. The molecule has 0 radical (unpaired) electrons. The summed E-state index contributed by atoms with van der Waals surface area (Å²) in [5, 5.41) is -0.489. The molecule has 1 atom stereocenters. The maximum Gasteiger partial charge on any atom is 0.261 e. The first-order valence-electron chi connectivity index (χ1n) is 10.6. The van der Waals surface area contributed by atoms with Crippen LogP contribution in [-0.4, -0.2) is 27.6 Å². The minimum Gasteiger partial charge on any atom is -0.454 e. The Morgan fingerprint density at radius 1 is 1.18 bits per heavy atom. The quantitative estimate of drug-likeness (QED) is 0.411. The summed E-state index contributed by atoms with van der Waals surface area (Å²) >= 11 is 6.07. The van der Waals surface area contributed by atoms with E-state index in [1.807, 2.05) is 33.9 Å². The standard InChI is InChI=1S/C23H29ClF2N2O3SSi/c1-14-7-8-15(11-18(14)24)31-21-13-19(25)17(12-20(21)26)22(29)28(32(27,30)16-9-10-16)33(5,6)23(2,3)4/h7-8,11-13,16,27H,9-10H2,1-6H3. The van der Waals surface area contributed by atoms with Crippen molar-refractivity contribution in [1.29, 1.82) is 4.78 Å². The van der Waals surface area contributed by atoms with Gasteiger partial charge in [0.2, 0.25) is 0 Å². The van der Waals surface area contributed by atoms with Crippen LogP contribution in [0.15, 0.2) is 30.3 Å². The zero-order valence-corrected chi connectivity index (χ0v) is 22.2. The minimum absolute atomic E-state index is 0.216. The fourth-order valence-corrected chi connectivity index (χ4v) is 10.0. The Balaban J connectivity index is 2.03. The number of nitrogens with zero attached hydrogens (tertiary/aromatic N) is 1. The molecule has 1 fully saturated rings. The molecule has 180 valence electrons. The Kier molecular flexibility index (Phi) is 6.74. The average Bonchev–Trinajstić information content (AvgIpc) is 3.52. The number of carbonyl (C=O) groups excluding carboxylic acids is 1. The SMILES string of the molecule is Cc1ccc(Oc2cc(F)c(C(=O)N([Si](C)(C)C(C)(C)C)S(=N)(=O)C3CC3)cc2F)cc1Cl. The van der Waals surface area contributed by atoms with Gasteiger partial charge < -0.3 is 4.74 Å². The Bertz CT molecular complexity index is 1210. The van der Waals surface area contributed by atoms with E-state index in [1.54, 1.807) is 19.1 Å². The Hall–Kier alpha value is -1.97. The molecule has 1 aliphatic carbocycles. The summed E-state index contributed by atoms with van der Waals surface area (Å²) in [6.45, 7) is 11.2. The van der Waals surface area contributed by atoms with Gasteiger partial charge in [-0.05, 0) is 48.6 Å². The number of rotatable bonds is 6. The van der Waals surface area contributed by atoms with E-state index in [1.165, 1.54) is 6.07 Å². The predicted molar refractivity (Wildman–Crippen MR) is 130 cm³/mol. The number of carbonyl (C=O) groups is 1. The van der Waals surface area contributed by atoms with Crippen molar-refractivity contribution in [3.05, 3.63) is 58.1 Å². The van der Waals surface area contributed by atoms with Gasteiger partial charge in [-0.15, -0.1) is 0 Å². The van der Waals surface area contributed by atoms with Crippen LogP contribution in [-0.2, 0) is 9.92 Å². The molecule has 0 aliphatic heterocycles. The van der Waals surface area contributed by atoms with E-state index in [4.69, 9.17) is 21.1 Å². The number of aryl methyl sites for hydroxylation is 1. The number of hydrogen-bond donors (Lipinski definition) is 1. The highest BCUT2D eigenvalue weighted by molar-refractivity contribution is 7.93. The molecule has 10 heteroatoms. The van der Waals surface area contributed by atoms with Crippen LogP contribution in [0, 0.1) is 23.3 Å². The first-order valence-corrected chi connectivity index (χ1v) is 15.5. The summed E-state index contributed by atoms with van der Waals surface area (Å²) in [6.07, 6.45) is 1.15. The van der Waals surface area contributed by atoms with Gasteiger partial charge in [-0.25, -0.2) is 17.8 Å². The second-order valence-electron chi connectivity index (χ2n) is 9.95. The van der Waals surface area contributed by atoms with E-state index < -0.39 is 57.3 Å². The zero-order valence-electron chi connectivity index (χ0n) is 19.6. The van der Waals surface area contributed by atoms with Crippen LogP contribution in [0.3, 0.4) is 0 Å². The number of halogens is 3. The zero-order chi connectivity index (χ0) is 24.9. The number of nitrogens with one attached hydrogen (secondary N) is 1.